The zero-order valence-corrected chi connectivity index (χ0v) is 15.7. The number of fused-ring (bicyclic) bond motifs is 1. The summed E-state index contributed by atoms with van der Waals surface area (Å²) in [5.74, 6) is -3.74. The van der Waals surface area contributed by atoms with E-state index < -0.39 is 56.8 Å². The van der Waals surface area contributed by atoms with E-state index in [4.69, 9.17) is 4.74 Å². The summed E-state index contributed by atoms with van der Waals surface area (Å²) in [6, 6.07) is 0. The van der Waals surface area contributed by atoms with Crippen LogP contribution in [0.2, 0.25) is 0 Å². The van der Waals surface area contributed by atoms with E-state index >= 15 is 0 Å². The Labute approximate surface area is 151 Å². The minimum absolute atomic E-state index is 0.0913. The van der Waals surface area contributed by atoms with Gasteiger partial charge in [-0.25, -0.2) is 0 Å². The van der Waals surface area contributed by atoms with E-state index in [-0.39, 0.29) is 5.57 Å². The fraction of sp³-hybridized carbons (Fsp3) is 0.650. The summed E-state index contributed by atoms with van der Waals surface area (Å²) in [7, 11) is 0. The zero-order valence-electron chi connectivity index (χ0n) is 15.7. The Morgan fingerprint density at radius 2 is 1.54 bits per heavy atom. The van der Waals surface area contributed by atoms with Crippen molar-refractivity contribution in [1.82, 2.24) is 0 Å². The second-order valence-corrected chi connectivity index (χ2v) is 9.16. The number of aliphatic hydroxyl groups excluding tert-OH is 2. The van der Waals surface area contributed by atoms with Crippen LogP contribution in [0.5, 0.6) is 0 Å². The normalized spacial score (nSPS) is 41.2. The molecule has 3 atom stereocenters. The van der Waals surface area contributed by atoms with Crippen molar-refractivity contribution in [2.45, 2.75) is 65.1 Å². The molecule has 1 saturated carbocycles. The van der Waals surface area contributed by atoms with Gasteiger partial charge in [-0.2, -0.15) is 0 Å². The minimum Gasteiger partial charge on any atom is -0.504 e. The quantitative estimate of drug-likeness (QED) is 0.550. The number of carbonyl (C=O) groups is 3. The number of hydrogen-bond acceptors (Lipinski definition) is 6. The Hall–Kier alpha value is -1.95. The molecule has 0 amide bonds. The summed E-state index contributed by atoms with van der Waals surface area (Å²) in [6.45, 7) is 8.94. The van der Waals surface area contributed by atoms with Crippen molar-refractivity contribution in [2.75, 3.05) is 0 Å². The highest BCUT2D eigenvalue weighted by atomic mass is 16.7. The molecule has 0 aromatic heterocycles. The summed E-state index contributed by atoms with van der Waals surface area (Å²) in [4.78, 5) is 39.6. The second kappa shape index (κ2) is 4.47. The molecule has 0 aromatic rings. The molecule has 0 aromatic carbocycles. The van der Waals surface area contributed by atoms with E-state index in [0.29, 0.717) is 12.0 Å². The van der Waals surface area contributed by atoms with Crippen LogP contribution < -0.4 is 0 Å². The van der Waals surface area contributed by atoms with Crippen molar-refractivity contribution in [3.8, 4) is 0 Å². The standard InChI is InChI=1S/C20H24O6/c1-9(2)10-11(21)16(25)20-18(5)8-6-7-17(3,4)13(18)12(22)15(24)19(20,26-20)14(10)23/h9,21-22H,6-8H2,1-5H3/t18-,19+,20?/m0/s1. The van der Waals surface area contributed by atoms with Crippen LogP contribution in [0.15, 0.2) is 22.7 Å². The van der Waals surface area contributed by atoms with Crippen LogP contribution in [0.1, 0.15) is 53.9 Å². The third kappa shape index (κ3) is 1.45. The first-order valence-electron chi connectivity index (χ1n) is 9.12. The molecule has 6 nitrogen and oxygen atoms in total. The molecule has 4 rings (SSSR count). The van der Waals surface area contributed by atoms with E-state index in [1.807, 2.05) is 13.8 Å². The SMILES string of the molecule is CC(C)C1=C(O)C(=O)C23O[C@@]2(C(=O)C(O)=C2C(C)(C)CCC[C@@]23C)C1=O. The lowest BCUT2D eigenvalue weighted by atomic mass is 9.47. The summed E-state index contributed by atoms with van der Waals surface area (Å²) in [6.07, 6.45) is 2.01. The van der Waals surface area contributed by atoms with Gasteiger partial charge in [0.25, 0.3) is 0 Å². The van der Waals surface area contributed by atoms with Crippen molar-refractivity contribution in [3.05, 3.63) is 22.7 Å². The van der Waals surface area contributed by atoms with Crippen molar-refractivity contribution in [3.63, 3.8) is 0 Å². The summed E-state index contributed by atoms with van der Waals surface area (Å²) in [5.41, 5.74) is -4.92. The lowest BCUT2D eigenvalue weighted by Gasteiger charge is -2.51. The molecule has 2 N–H and O–H groups in total. The molecule has 26 heavy (non-hydrogen) atoms. The average molecular weight is 360 g/mol. The van der Waals surface area contributed by atoms with Gasteiger partial charge in [0.05, 0.1) is 0 Å². The number of ketones is 3. The first-order valence-corrected chi connectivity index (χ1v) is 9.12. The van der Waals surface area contributed by atoms with Crippen LogP contribution >= 0.6 is 0 Å². The largest absolute Gasteiger partial charge is 0.504 e. The molecule has 140 valence electrons. The number of ether oxygens (including phenoxy) is 1. The molecule has 4 aliphatic rings. The first-order chi connectivity index (χ1) is 11.9. The van der Waals surface area contributed by atoms with Crippen LogP contribution in [0.25, 0.3) is 0 Å². The summed E-state index contributed by atoms with van der Waals surface area (Å²) >= 11 is 0. The van der Waals surface area contributed by atoms with Crippen LogP contribution in [-0.2, 0) is 19.1 Å². The lowest BCUT2D eigenvalue weighted by molar-refractivity contribution is -0.138. The van der Waals surface area contributed by atoms with Crippen LogP contribution in [0, 0.1) is 16.7 Å². The summed E-state index contributed by atoms with van der Waals surface area (Å²) in [5, 5.41) is 21.3. The molecule has 1 unspecified atom stereocenters. The Morgan fingerprint density at radius 1 is 0.923 bits per heavy atom. The number of rotatable bonds is 1. The van der Waals surface area contributed by atoms with Crippen LogP contribution in [0.4, 0.5) is 0 Å². The molecule has 0 radical (unpaired) electrons. The molecular weight excluding hydrogens is 336 g/mol. The van der Waals surface area contributed by atoms with Gasteiger partial charge in [-0.15, -0.1) is 0 Å². The number of hydrogen-bond donors (Lipinski definition) is 2. The molecule has 1 heterocycles. The van der Waals surface area contributed by atoms with Gasteiger partial charge in [0.1, 0.15) is 0 Å². The smallest absolute Gasteiger partial charge is 0.240 e. The Morgan fingerprint density at radius 3 is 2.12 bits per heavy atom. The van der Waals surface area contributed by atoms with E-state index in [0.717, 1.165) is 12.8 Å². The zero-order chi connectivity index (χ0) is 19.4. The van der Waals surface area contributed by atoms with Gasteiger partial charge in [0, 0.05) is 11.0 Å². The number of aliphatic hydroxyl groups is 2. The Kier molecular flexibility index (Phi) is 3.00. The highest BCUT2D eigenvalue weighted by Gasteiger charge is 2.93. The number of epoxide rings is 1. The molecule has 0 bridgehead atoms. The molecule has 0 spiro atoms. The molecule has 3 aliphatic carbocycles. The first kappa shape index (κ1) is 17.5. The Balaban J connectivity index is 2.06. The second-order valence-electron chi connectivity index (χ2n) is 9.16. The number of carbonyl (C=O) groups excluding carboxylic acids is 3. The average Bonchev–Trinajstić information content (AvgIpc) is 3.24. The topological polar surface area (TPSA) is 104 Å². The van der Waals surface area contributed by atoms with Crippen LogP contribution in [-0.4, -0.2) is 38.8 Å². The van der Waals surface area contributed by atoms with Gasteiger partial charge in [0.2, 0.25) is 23.0 Å². The predicted molar refractivity (Wildman–Crippen MR) is 91.5 cm³/mol. The van der Waals surface area contributed by atoms with Gasteiger partial charge in [-0.05, 0) is 29.7 Å². The van der Waals surface area contributed by atoms with Crippen molar-refractivity contribution >= 4 is 17.3 Å². The maximum atomic E-state index is 13.3. The maximum absolute atomic E-state index is 13.3. The molecule has 2 fully saturated rings. The molecule has 1 saturated heterocycles. The summed E-state index contributed by atoms with van der Waals surface area (Å²) < 4.78 is 5.79. The van der Waals surface area contributed by atoms with E-state index in [9.17, 15) is 24.6 Å². The molecule has 6 heteroatoms. The van der Waals surface area contributed by atoms with Gasteiger partial charge >= 0.3 is 0 Å². The monoisotopic (exact) mass is 360 g/mol. The van der Waals surface area contributed by atoms with E-state index in [1.165, 1.54) is 0 Å². The van der Waals surface area contributed by atoms with E-state index in [1.54, 1.807) is 20.8 Å². The van der Waals surface area contributed by atoms with Gasteiger partial charge in [0.15, 0.2) is 17.1 Å². The van der Waals surface area contributed by atoms with Gasteiger partial charge in [-0.1, -0.05) is 41.0 Å². The van der Waals surface area contributed by atoms with Crippen LogP contribution in [0.3, 0.4) is 0 Å². The lowest BCUT2D eigenvalue weighted by Crippen LogP contribution is -2.63. The fourth-order valence-corrected chi connectivity index (χ4v) is 5.89. The fourth-order valence-electron chi connectivity index (χ4n) is 5.89. The van der Waals surface area contributed by atoms with Crippen molar-refractivity contribution in [1.29, 1.82) is 0 Å². The van der Waals surface area contributed by atoms with Gasteiger partial charge in [-0.3, -0.25) is 14.4 Å². The Bertz CT molecular complexity index is 860. The molecular formula is C20H24O6. The molecule has 1 aliphatic heterocycles. The van der Waals surface area contributed by atoms with E-state index in [2.05, 4.69) is 0 Å². The third-order valence-corrected chi connectivity index (χ3v) is 6.95. The highest BCUT2D eigenvalue weighted by Crippen LogP contribution is 2.73. The minimum atomic E-state index is -2.02. The van der Waals surface area contributed by atoms with Crippen molar-refractivity contribution in [2.24, 2.45) is 16.7 Å². The predicted octanol–water partition coefficient (Wildman–Crippen LogP) is 2.73. The number of Topliss-reactive ketones (excluding diaryl/α,β-unsaturated/α-hetero) is 3. The van der Waals surface area contributed by atoms with Crippen molar-refractivity contribution < 1.29 is 29.3 Å². The highest BCUT2D eigenvalue weighted by molar-refractivity contribution is 6.36. The maximum Gasteiger partial charge on any atom is 0.240 e. The third-order valence-electron chi connectivity index (χ3n) is 6.95. The van der Waals surface area contributed by atoms with Gasteiger partial charge < -0.3 is 14.9 Å².